The van der Waals surface area contributed by atoms with Crippen molar-refractivity contribution in [2.75, 3.05) is 7.11 Å². The summed E-state index contributed by atoms with van der Waals surface area (Å²) in [7, 11) is 1.41. The van der Waals surface area contributed by atoms with Gasteiger partial charge in [-0.15, -0.1) is 0 Å². The summed E-state index contributed by atoms with van der Waals surface area (Å²) in [5.74, 6) is -1.04. The number of halogens is 1. The van der Waals surface area contributed by atoms with Crippen LogP contribution in [0.2, 0.25) is 0 Å². The number of aromatic nitrogens is 1. The van der Waals surface area contributed by atoms with E-state index in [0.717, 1.165) is 16.9 Å². The molecule has 2 aromatic carbocycles. The second-order valence-corrected chi connectivity index (χ2v) is 9.65. The number of hydrogen-bond donors (Lipinski definition) is 2. The van der Waals surface area contributed by atoms with Crippen LogP contribution in [0.5, 0.6) is 17.2 Å². The fraction of sp³-hybridized carbons (Fsp3) is 0.222. The van der Waals surface area contributed by atoms with Gasteiger partial charge in [-0.2, -0.15) is 0 Å². The molecule has 8 nitrogen and oxygen atoms in total. The van der Waals surface area contributed by atoms with Crippen LogP contribution in [0.15, 0.2) is 64.9 Å². The van der Waals surface area contributed by atoms with Crippen LogP contribution in [0.4, 0.5) is 0 Å². The third-order valence-electron chi connectivity index (χ3n) is 6.37. The lowest BCUT2D eigenvalue weighted by Gasteiger charge is -2.26. The van der Waals surface area contributed by atoms with Crippen LogP contribution in [0.1, 0.15) is 35.2 Å². The van der Waals surface area contributed by atoms with E-state index in [1.165, 1.54) is 12.0 Å². The van der Waals surface area contributed by atoms with E-state index in [1.807, 2.05) is 6.92 Å². The lowest BCUT2D eigenvalue weighted by Crippen LogP contribution is -2.29. The summed E-state index contributed by atoms with van der Waals surface area (Å²) in [4.78, 5) is 32.1. The van der Waals surface area contributed by atoms with Crippen LogP contribution >= 0.6 is 15.9 Å². The molecule has 1 aromatic heterocycles. The number of carbonyl (C=O) groups is 2. The molecule has 0 spiro atoms. The molecule has 1 fully saturated rings. The monoisotopic (exact) mass is 550 g/mol. The Morgan fingerprint density at radius 3 is 2.78 bits per heavy atom. The van der Waals surface area contributed by atoms with Crippen molar-refractivity contribution in [3.8, 4) is 17.2 Å². The highest BCUT2D eigenvalue weighted by Gasteiger charge is 2.46. The average Bonchev–Trinajstić information content (AvgIpc) is 3.37. The van der Waals surface area contributed by atoms with E-state index in [-0.39, 0.29) is 35.5 Å². The van der Waals surface area contributed by atoms with E-state index in [0.29, 0.717) is 22.0 Å². The van der Waals surface area contributed by atoms with Crippen LogP contribution in [-0.4, -0.2) is 45.0 Å². The molecule has 0 bridgehead atoms. The minimum absolute atomic E-state index is 0.0178. The Bertz CT molecular complexity index is 1400. The van der Waals surface area contributed by atoms with Gasteiger partial charge in [0.1, 0.15) is 17.6 Å². The third kappa shape index (κ3) is 4.09. The number of ketones is 1. The summed E-state index contributed by atoms with van der Waals surface area (Å²) in [5.41, 5.74) is 2.50. The molecular weight excluding hydrogens is 528 g/mol. The second kappa shape index (κ2) is 9.31. The molecule has 1 amide bonds. The number of pyridine rings is 1. The number of aliphatic hydroxyl groups excluding tert-OH is 1. The number of aliphatic hydroxyl groups is 1. The Kier molecular flexibility index (Phi) is 6.17. The van der Waals surface area contributed by atoms with E-state index in [1.54, 1.807) is 54.9 Å². The van der Waals surface area contributed by atoms with Gasteiger partial charge in [-0.25, -0.2) is 0 Å². The highest BCUT2D eigenvalue weighted by molar-refractivity contribution is 9.10. The molecule has 1 saturated heterocycles. The molecule has 2 aliphatic rings. The molecule has 0 unspecified atom stereocenters. The maximum absolute atomic E-state index is 13.4. The number of nitrogens with zero attached hydrogens (tertiary/aromatic N) is 2. The van der Waals surface area contributed by atoms with E-state index >= 15 is 0 Å². The van der Waals surface area contributed by atoms with Crippen LogP contribution in [-0.2, 0) is 22.6 Å². The van der Waals surface area contributed by atoms with Crippen molar-refractivity contribution in [3.63, 3.8) is 0 Å². The van der Waals surface area contributed by atoms with Gasteiger partial charge in [0, 0.05) is 30.9 Å². The largest absolute Gasteiger partial charge is 0.507 e. The average molecular weight is 551 g/mol. The number of hydrogen-bond acceptors (Lipinski definition) is 7. The van der Waals surface area contributed by atoms with Crippen molar-refractivity contribution < 1.29 is 29.3 Å². The van der Waals surface area contributed by atoms with Crippen molar-refractivity contribution in [2.24, 2.45) is 0 Å². The Labute approximate surface area is 215 Å². The van der Waals surface area contributed by atoms with Gasteiger partial charge in [-0.1, -0.05) is 6.07 Å². The number of fused-ring (bicyclic) bond motifs is 1. The van der Waals surface area contributed by atoms with Gasteiger partial charge in [0.05, 0.1) is 23.2 Å². The zero-order valence-electron chi connectivity index (χ0n) is 19.6. The van der Waals surface area contributed by atoms with E-state index in [2.05, 4.69) is 20.9 Å². The van der Waals surface area contributed by atoms with Gasteiger partial charge in [0.2, 0.25) is 0 Å². The smallest absolute Gasteiger partial charge is 0.295 e. The minimum atomic E-state index is -0.931. The number of phenolic OH excluding ortho intramolecular Hbond substituents is 1. The predicted molar refractivity (Wildman–Crippen MR) is 135 cm³/mol. The molecule has 5 rings (SSSR count). The molecule has 9 heteroatoms. The second-order valence-electron chi connectivity index (χ2n) is 8.80. The predicted octanol–water partition coefficient (Wildman–Crippen LogP) is 4.50. The highest BCUT2D eigenvalue weighted by Crippen LogP contribution is 2.45. The first-order chi connectivity index (χ1) is 17.3. The summed E-state index contributed by atoms with van der Waals surface area (Å²) in [6, 6.07) is 11.0. The standard InChI is InChI=1S/C27H23BrN2O6/c1-14-8-17-9-16(5-6-20(17)36-14)24(31)22-23(18-10-19(28)25(32)21(11-18)35-2)30(27(34)26(22)33)13-15-4-3-7-29-12-15/h3-7,9-12,14,23,31-32H,8,13H2,1-2H3/b24-22+/t14-,23+/m1/s1. The number of phenols is 1. The summed E-state index contributed by atoms with van der Waals surface area (Å²) in [6.07, 6.45) is 3.93. The minimum Gasteiger partial charge on any atom is -0.507 e. The quantitative estimate of drug-likeness (QED) is 0.273. The first kappa shape index (κ1) is 23.9. The number of likely N-dealkylation sites (tertiary alicyclic amines) is 1. The summed E-state index contributed by atoms with van der Waals surface area (Å²) in [5, 5.41) is 21.7. The van der Waals surface area contributed by atoms with Crippen molar-refractivity contribution in [2.45, 2.75) is 32.0 Å². The van der Waals surface area contributed by atoms with Crippen LogP contribution in [0.3, 0.4) is 0 Å². The molecule has 184 valence electrons. The van der Waals surface area contributed by atoms with Crippen molar-refractivity contribution >= 4 is 33.4 Å². The lowest BCUT2D eigenvalue weighted by atomic mass is 9.94. The van der Waals surface area contributed by atoms with Gasteiger partial charge < -0.3 is 24.6 Å². The molecule has 2 N–H and O–H groups in total. The van der Waals surface area contributed by atoms with E-state index in [9.17, 15) is 19.8 Å². The summed E-state index contributed by atoms with van der Waals surface area (Å²) in [6.45, 7) is 2.05. The Morgan fingerprint density at radius 2 is 2.06 bits per heavy atom. The van der Waals surface area contributed by atoms with Gasteiger partial charge in [-0.05, 0) is 75.9 Å². The van der Waals surface area contributed by atoms with Gasteiger partial charge in [-0.3, -0.25) is 14.6 Å². The zero-order chi connectivity index (χ0) is 25.6. The molecule has 0 aliphatic carbocycles. The Hall–Kier alpha value is -3.85. The van der Waals surface area contributed by atoms with Crippen LogP contribution in [0.25, 0.3) is 5.76 Å². The first-order valence-corrected chi connectivity index (χ1v) is 12.1. The highest BCUT2D eigenvalue weighted by atomic mass is 79.9. The van der Waals surface area contributed by atoms with E-state index < -0.39 is 17.7 Å². The van der Waals surface area contributed by atoms with Crippen molar-refractivity contribution in [1.82, 2.24) is 9.88 Å². The topological polar surface area (TPSA) is 109 Å². The number of carbonyl (C=O) groups excluding carboxylic acids is 2. The SMILES string of the molecule is COc1cc([C@H]2/C(=C(\O)c3ccc4c(c3)C[C@@H](C)O4)C(=O)C(=O)N2Cc2cccnc2)cc(Br)c1O. The number of aromatic hydroxyl groups is 1. The van der Waals surface area contributed by atoms with Gasteiger partial charge in [0.25, 0.3) is 11.7 Å². The normalized spacial score (nSPS) is 20.4. The fourth-order valence-corrected chi connectivity index (χ4v) is 5.17. The van der Waals surface area contributed by atoms with Crippen molar-refractivity contribution in [1.29, 1.82) is 0 Å². The lowest BCUT2D eigenvalue weighted by molar-refractivity contribution is -0.140. The molecule has 2 atom stereocenters. The van der Waals surface area contributed by atoms with Crippen LogP contribution in [0, 0.1) is 0 Å². The molecule has 36 heavy (non-hydrogen) atoms. The molecule has 3 aromatic rings. The number of amides is 1. The maximum atomic E-state index is 13.4. The van der Waals surface area contributed by atoms with E-state index in [4.69, 9.17) is 9.47 Å². The first-order valence-electron chi connectivity index (χ1n) is 11.3. The molecule has 2 aliphatic heterocycles. The summed E-state index contributed by atoms with van der Waals surface area (Å²) < 4.78 is 11.4. The Morgan fingerprint density at radius 1 is 1.25 bits per heavy atom. The fourth-order valence-electron chi connectivity index (χ4n) is 4.71. The van der Waals surface area contributed by atoms with Crippen LogP contribution < -0.4 is 9.47 Å². The molecule has 0 radical (unpaired) electrons. The number of methoxy groups -OCH3 is 1. The third-order valence-corrected chi connectivity index (χ3v) is 6.98. The summed E-state index contributed by atoms with van der Waals surface area (Å²) >= 11 is 3.32. The Balaban J connectivity index is 1.68. The number of rotatable bonds is 5. The number of ether oxygens (including phenoxy) is 2. The number of benzene rings is 2. The van der Waals surface area contributed by atoms with Gasteiger partial charge >= 0.3 is 0 Å². The molecular formula is C27H23BrN2O6. The number of Topliss-reactive ketones (excluding diaryl/α,β-unsaturated/α-hetero) is 1. The zero-order valence-corrected chi connectivity index (χ0v) is 21.2. The van der Waals surface area contributed by atoms with Crippen molar-refractivity contribution in [3.05, 3.63) is 87.2 Å². The van der Waals surface area contributed by atoms with Gasteiger partial charge in [0.15, 0.2) is 11.5 Å². The molecule has 0 saturated carbocycles. The molecule has 3 heterocycles. The maximum Gasteiger partial charge on any atom is 0.295 e.